The second-order valence-electron chi connectivity index (χ2n) is 2.59. The lowest BCUT2D eigenvalue weighted by Crippen LogP contribution is -2.08. The first-order chi connectivity index (χ1) is 6.66. The standard InChI is InChI=1S/C9H9Cl2NO2/c1-2-5-14-9(13)8-7(11)6(10)3-4-12-8/h3-4H,2,5H2,1H3. The largest absolute Gasteiger partial charge is 0.461 e. The Morgan fingerprint density at radius 2 is 2.29 bits per heavy atom. The van der Waals surface area contributed by atoms with E-state index < -0.39 is 5.97 Å². The van der Waals surface area contributed by atoms with Crippen molar-refractivity contribution in [2.75, 3.05) is 6.61 Å². The number of hydrogen-bond donors (Lipinski definition) is 0. The van der Waals surface area contributed by atoms with E-state index >= 15 is 0 Å². The third-order valence-corrected chi connectivity index (χ3v) is 2.27. The summed E-state index contributed by atoms with van der Waals surface area (Å²) in [6.45, 7) is 2.25. The minimum atomic E-state index is -0.542. The molecule has 1 aromatic rings. The van der Waals surface area contributed by atoms with Crippen molar-refractivity contribution in [2.24, 2.45) is 0 Å². The van der Waals surface area contributed by atoms with E-state index in [1.54, 1.807) is 0 Å². The van der Waals surface area contributed by atoms with Crippen LogP contribution in [0.4, 0.5) is 0 Å². The van der Waals surface area contributed by atoms with Crippen LogP contribution in [0.5, 0.6) is 0 Å². The van der Waals surface area contributed by atoms with E-state index in [2.05, 4.69) is 4.98 Å². The third-order valence-electron chi connectivity index (χ3n) is 1.47. The molecule has 76 valence electrons. The number of carbonyl (C=O) groups excluding carboxylic acids is 1. The van der Waals surface area contributed by atoms with Crippen LogP contribution in [0.15, 0.2) is 12.3 Å². The smallest absolute Gasteiger partial charge is 0.358 e. The number of aromatic nitrogens is 1. The van der Waals surface area contributed by atoms with Gasteiger partial charge in [-0.2, -0.15) is 0 Å². The maximum atomic E-state index is 11.3. The van der Waals surface area contributed by atoms with Gasteiger partial charge in [-0.1, -0.05) is 30.1 Å². The summed E-state index contributed by atoms with van der Waals surface area (Å²) in [7, 11) is 0. The van der Waals surface area contributed by atoms with Crippen LogP contribution in [0.1, 0.15) is 23.8 Å². The topological polar surface area (TPSA) is 39.2 Å². The number of esters is 1. The van der Waals surface area contributed by atoms with Gasteiger partial charge in [-0.25, -0.2) is 9.78 Å². The molecule has 0 bridgehead atoms. The van der Waals surface area contributed by atoms with Crippen molar-refractivity contribution in [1.82, 2.24) is 4.98 Å². The summed E-state index contributed by atoms with van der Waals surface area (Å²) in [6, 6.07) is 1.51. The summed E-state index contributed by atoms with van der Waals surface area (Å²) in [5.74, 6) is -0.542. The van der Waals surface area contributed by atoms with Gasteiger partial charge in [0.15, 0.2) is 5.69 Å². The minimum Gasteiger partial charge on any atom is -0.461 e. The van der Waals surface area contributed by atoms with Crippen molar-refractivity contribution in [3.8, 4) is 0 Å². The maximum absolute atomic E-state index is 11.3. The Balaban J connectivity index is 2.84. The van der Waals surface area contributed by atoms with Gasteiger partial charge in [-0.05, 0) is 12.5 Å². The number of ether oxygens (including phenoxy) is 1. The van der Waals surface area contributed by atoms with Crippen LogP contribution >= 0.6 is 23.2 Å². The van der Waals surface area contributed by atoms with Gasteiger partial charge < -0.3 is 4.74 Å². The zero-order chi connectivity index (χ0) is 10.6. The lowest BCUT2D eigenvalue weighted by molar-refractivity contribution is 0.0498. The average molecular weight is 234 g/mol. The fourth-order valence-corrected chi connectivity index (χ4v) is 1.16. The summed E-state index contributed by atoms with van der Waals surface area (Å²) in [5.41, 5.74) is 0.0626. The van der Waals surface area contributed by atoms with Crippen LogP contribution in [0.3, 0.4) is 0 Å². The molecule has 1 heterocycles. The number of halogens is 2. The molecule has 0 saturated carbocycles. The molecule has 0 aliphatic heterocycles. The predicted octanol–water partition coefficient (Wildman–Crippen LogP) is 2.96. The van der Waals surface area contributed by atoms with Crippen LogP contribution in [0.25, 0.3) is 0 Å². The van der Waals surface area contributed by atoms with Gasteiger partial charge in [0.25, 0.3) is 0 Å². The van der Waals surface area contributed by atoms with Gasteiger partial charge in [-0.3, -0.25) is 0 Å². The number of hydrogen-bond acceptors (Lipinski definition) is 3. The molecule has 0 N–H and O–H groups in total. The van der Waals surface area contributed by atoms with Crippen molar-refractivity contribution < 1.29 is 9.53 Å². The highest BCUT2D eigenvalue weighted by atomic mass is 35.5. The maximum Gasteiger partial charge on any atom is 0.358 e. The molecule has 0 fully saturated rings. The number of nitrogens with zero attached hydrogens (tertiary/aromatic N) is 1. The molecular weight excluding hydrogens is 225 g/mol. The van der Waals surface area contributed by atoms with E-state index in [1.807, 2.05) is 6.92 Å². The molecule has 0 radical (unpaired) electrons. The first-order valence-corrected chi connectivity index (χ1v) is 4.89. The van der Waals surface area contributed by atoms with Crippen LogP contribution in [0.2, 0.25) is 10.0 Å². The zero-order valence-electron chi connectivity index (χ0n) is 7.59. The zero-order valence-corrected chi connectivity index (χ0v) is 9.10. The number of carbonyl (C=O) groups is 1. The predicted molar refractivity (Wildman–Crippen MR) is 54.8 cm³/mol. The number of rotatable bonds is 3. The van der Waals surface area contributed by atoms with Crippen LogP contribution in [0, 0.1) is 0 Å². The summed E-state index contributed by atoms with van der Waals surface area (Å²) in [5, 5.41) is 0.431. The van der Waals surface area contributed by atoms with Crippen molar-refractivity contribution in [3.05, 3.63) is 28.0 Å². The third kappa shape index (κ3) is 2.59. The highest BCUT2D eigenvalue weighted by molar-refractivity contribution is 6.43. The molecule has 14 heavy (non-hydrogen) atoms. The second-order valence-corrected chi connectivity index (χ2v) is 3.38. The Bertz CT molecular complexity index is 342. The molecule has 5 heteroatoms. The molecule has 0 amide bonds. The highest BCUT2D eigenvalue weighted by Crippen LogP contribution is 2.24. The molecular formula is C9H9Cl2NO2. The molecule has 0 aliphatic carbocycles. The lowest BCUT2D eigenvalue weighted by atomic mass is 10.3. The summed E-state index contributed by atoms with van der Waals surface area (Å²) in [6.07, 6.45) is 2.17. The lowest BCUT2D eigenvalue weighted by Gasteiger charge is -2.04. The Labute approximate surface area is 92.0 Å². The summed E-state index contributed by atoms with van der Waals surface area (Å²) < 4.78 is 4.87. The minimum absolute atomic E-state index is 0.0626. The molecule has 1 rings (SSSR count). The molecule has 0 aliphatic rings. The van der Waals surface area contributed by atoms with E-state index in [-0.39, 0.29) is 10.7 Å². The molecule has 0 saturated heterocycles. The van der Waals surface area contributed by atoms with Crippen LogP contribution in [-0.4, -0.2) is 17.6 Å². The first kappa shape index (κ1) is 11.3. The van der Waals surface area contributed by atoms with E-state index in [4.69, 9.17) is 27.9 Å². The quantitative estimate of drug-likeness (QED) is 0.754. The van der Waals surface area contributed by atoms with Crippen molar-refractivity contribution >= 4 is 29.2 Å². The van der Waals surface area contributed by atoms with Crippen molar-refractivity contribution in [1.29, 1.82) is 0 Å². The second kappa shape index (κ2) is 5.17. The fraction of sp³-hybridized carbons (Fsp3) is 0.333. The Morgan fingerprint density at radius 3 is 2.93 bits per heavy atom. The highest BCUT2D eigenvalue weighted by Gasteiger charge is 2.15. The molecule has 0 atom stereocenters. The van der Waals surface area contributed by atoms with Crippen molar-refractivity contribution in [2.45, 2.75) is 13.3 Å². The Morgan fingerprint density at radius 1 is 1.57 bits per heavy atom. The monoisotopic (exact) mass is 233 g/mol. The van der Waals surface area contributed by atoms with Gasteiger partial charge in [0.05, 0.1) is 16.7 Å². The van der Waals surface area contributed by atoms with Gasteiger partial charge in [0.2, 0.25) is 0 Å². The van der Waals surface area contributed by atoms with E-state index in [9.17, 15) is 4.79 Å². The molecule has 1 aromatic heterocycles. The fourth-order valence-electron chi connectivity index (χ4n) is 0.826. The van der Waals surface area contributed by atoms with Crippen LogP contribution < -0.4 is 0 Å². The van der Waals surface area contributed by atoms with Gasteiger partial charge in [0.1, 0.15) is 0 Å². The Hall–Kier alpha value is -0.800. The van der Waals surface area contributed by atoms with E-state index in [1.165, 1.54) is 12.3 Å². The van der Waals surface area contributed by atoms with E-state index in [0.717, 1.165) is 6.42 Å². The SMILES string of the molecule is CCCOC(=O)c1nccc(Cl)c1Cl. The average Bonchev–Trinajstić information content (AvgIpc) is 2.18. The first-order valence-electron chi connectivity index (χ1n) is 4.14. The van der Waals surface area contributed by atoms with Gasteiger partial charge in [0, 0.05) is 6.20 Å². The van der Waals surface area contributed by atoms with Gasteiger partial charge >= 0.3 is 5.97 Å². The van der Waals surface area contributed by atoms with Crippen molar-refractivity contribution in [3.63, 3.8) is 0 Å². The van der Waals surface area contributed by atoms with Gasteiger partial charge in [-0.15, -0.1) is 0 Å². The Kier molecular flexibility index (Phi) is 4.17. The molecule has 0 spiro atoms. The summed E-state index contributed by atoms with van der Waals surface area (Å²) in [4.78, 5) is 15.1. The van der Waals surface area contributed by atoms with E-state index in [0.29, 0.717) is 11.6 Å². The normalized spacial score (nSPS) is 9.93. The molecule has 0 unspecified atom stereocenters. The summed E-state index contributed by atoms with van der Waals surface area (Å²) >= 11 is 11.5. The molecule has 3 nitrogen and oxygen atoms in total. The molecule has 0 aromatic carbocycles. The number of pyridine rings is 1. The van der Waals surface area contributed by atoms with Crippen LogP contribution in [-0.2, 0) is 4.74 Å².